The van der Waals surface area contributed by atoms with E-state index in [1.165, 1.54) is 11.8 Å². The molecule has 6 heteroatoms. The first kappa shape index (κ1) is 15.0. The Bertz CT molecular complexity index is 378. The number of carbonyl (C=O) groups is 1. The van der Waals surface area contributed by atoms with E-state index in [-0.39, 0.29) is 11.9 Å². The lowest BCUT2D eigenvalue weighted by Crippen LogP contribution is -2.34. The monoisotopic (exact) mass is 270 g/mol. The number of nitrogens with zero attached hydrogens (tertiary/aromatic N) is 3. The molecule has 0 aliphatic heterocycles. The second-order valence-electron chi connectivity index (χ2n) is 4.95. The maximum Gasteiger partial charge on any atom is 0.230 e. The van der Waals surface area contributed by atoms with Gasteiger partial charge in [-0.05, 0) is 25.7 Å². The van der Waals surface area contributed by atoms with Gasteiger partial charge in [0.05, 0.1) is 5.75 Å². The van der Waals surface area contributed by atoms with Gasteiger partial charge in [0.1, 0.15) is 6.33 Å². The molecule has 0 aromatic carbocycles. The quantitative estimate of drug-likeness (QED) is 0.768. The van der Waals surface area contributed by atoms with Crippen molar-refractivity contribution < 1.29 is 4.79 Å². The third-order valence-electron chi connectivity index (χ3n) is 2.59. The van der Waals surface area contributed by atoms with Crippen molar-refractivity contribution in [2.45, 2.75) is 44.8 Å². The number of rotatable bonds is 7. The van der Waals surface area contributed by atoms with Gasteiger partial charge in [-0.1, -0.05) is 25.6 Å². The van der Waals surface area contributed by atoms with Crippen LogP contribution in [0.5, 0.6) is 0 Å². The molecule has 0 spiro atoms. The molecule has 1 heterocycles. The molecule has 0 fully saturated rings. The summed E-state index contributed by atoms with van der Waals surface area (Å²) in [7, 11) is 1.87. The highest BCUT2D eigenvalue weighted by atomic mass is 32.2. The fourth-order valence-corrected chi connectivity index (χ4v) is 2.20. The van der Waals surface area contributed by atoms with Crippen LogP contribution in [0.25, 0.3) is 0 Å². The van der Waals surface area contributed by atoms with Gasteiger partial charge in [-0.3, -0.25) is 4.79 Å². The number of carbonyl (C=O) groups excluding carboxylic acids is 1. The van der Waals surface area contributed by atoms with Crippen LogP contribution in [0.15, 0.2) is 11.5 Å². The molecule has 1 aromatic heterocycles. The van der Waals surface area contributed by atoms with E-state index in [2.05, 4.69) is 29.4 Å². The molecular formula is C12H22N4OS. The standard InChI is InChI=1S/C12H22N4OS/c1-9(2)5-6-10(3)14-11(17)7-18-12-15-13-8-16(12)4/h8-10H,5-7H2,1-4H3,(H,14,17). The van der Waals surface area contributed by atoms with E-state index < -0.39 is 0 Å². The van der Waals surface area contributed by atoms with Crippen LogP contribution >= 0.6 is 11.8 Å². The van der Waals surface area contributed by atoms with Gasteiger partial charge >= 0.3 is 0 Å². The Labute approximate surface area is 113 Å². The average Bonchev–Trinajstić information content (AvgIpc) is 2.69. The molecule has 0 saturated heterocycles. The highest BCUT2D eigenvalue weighted by Gasteiger charge is 2.10. The summed E-state index contributed by atoms with van der Waals surface area (Å²) in [5.41, 5.74) is 0. The lowest BCUT2D eigenvalue weighted by molar-refractivity contribution is -0.119. The van der Waals surface area contributed by atoms with E-state index in [0.29, 0.717) is 11.7 Å². The van der Waals surface area contributed by atoms with Gasteiger partial charge in [-0.2, -0.15) is 0 Å². The molecule has 0 aliphatic carbocycles. The molecule has 0 radical (unpaired) electrons. The third kappa shape index (κ3) is 5.53. The van der Waals surface area contributed by atoms with Crippen LogP contribution in [-0.4, -0.2) is 32.5 Å². The predicted octanol–water partition coefficient (Wildman–Crippen LogP) is 1.85. The van der Waals surface area contributed by atoms with Gasteiger partial charge < -0.3 is 9.88 Å². The van der Waals surface area contributed by atoms with E-state index in [0.717, 1.165) is 18.0 Å². The van der Waals surface area contributed by atoms with Crippen LogP contribution in [0.2, 0.25) is 0 Å². The zero-order chi connectivity index (χ0) is 13.5. The smallest absolute Gasteiger partial charge is 0.230 e. The Kier molecular flexibility index (Phi) is 6.18. The molecule has 0 saturated carbocycles. The second-order valence-corrected chi connectivity index (χ2v) is 5.90. The minimum absolute atomic E-state index is 0.0549. The zero-order valence-corrected chi connectivity index (χ0v) is 12.3. The van der Waals surface area contributed by atoms with Gasteiger partial charge in [0.25, 0.3) is 0 Å². The Morgan fingerprint density at radius 2 is 2.17 bits per heavy atom. The summed E-state index contributed by atoms with van der Waals surface area (Å²) >= 11 is 1.41. The fraction of sp³-hybridized carbons (Fsp3) is 0.750. The van der Waals surface area contributed by atoms with Crippen LogP contribution in [0, 0.1) is 5.92 Å². The van der Waals surface area contributed by atoms with Crippen molar-refractivity contribution in [3.05, 3.63) is 6.33 Å². The van der Waals surface area contributed by atoms with Crippen molar-refractivity contribution in [3.8, 4) is 0 Å². The van der Waals surface area contributed by atoms with Crippen LogP contribution in [0.4, 0.5) is 0 Å². The van der Waals surface area contributed by atoms with Gasteiger partial charge in [0.15, 0.2) is 5.16 Å². The number of aromatic nitrogens is 3. The van der Waals surface area contributed by atoms with E-state index >= 15 is 0 Å². The Morgan fingerprint density at radius 3 is 2.72 bits per heavy atom. The van der Waals surface area contributed by atoms with Crippen LogP contribution < -0.4 is 5.32 Å². The summed E-state index contributed by atoms with van der Waals surface area (Å²) < 4.78 is 1.81. The van der Waals surface area contributed by atoms with E-state index in [1.807, 2.05) is 14.0 Å². The number of thioether (sulfide) groups is 1. The number of hydrogen-bond donors (Lipinski definition) is 1. The molecule has 0 aliphatic rings. The first-order valence-corrected chi connectivity index (χ1v) is 7.23. The van der Waals surface area contributed by atoms with Crippen molar-refractivity contribution >= 4 is 17.7 Å². The first-order chi connectivity index (χ1) is 8.49. The van der Waals surface area contributed by atoms with Gasteiger partial charge in [0.2, 0.25) is 5.91 Å². The second kappa shape index (κ2) is 7.41. The van der Waals surface area contributed by atoms with Crippen molar-refractivity contribution in [1.82, 2.24) is 20.1 Å². The van der Waals surface area contributed by atoms with Crippen LogP contribution in [0.1, 0.15) is 33.6 Å². The molecule has 1 N–H and O–H groups in total. The van der Waals surface area contributed by atoms with Crippen molar-refractivity contribution in [1.29, 1.82) is 0 Å². The summed E-state index contributed by atoms with van der Waals surface area (Å²) in [6.07, 6.45) is 3.79. The number of hydrogen-bond acceptors (Lipinski definition) is 4. The SMILES string of the molecule is CC(C)CCC(C)NC(=O)CSc1nncn1C. The third-order valence-corrected chi connectivity index (χ3v) is 3.62. The topological polar surface area (TPSA) is 59.8 Å². The van der Waals surface area contributed by atoms with Crippen molar-refractivity contribution in [2.75, 3.05) is 5.75 Å². The van der Waals surface area contributed by atoms with E-state index in [9.17, 15) is 4.79 Å². The maximum atomic E-state index is 11.7. The molecule has 1 unspecified atom stereocenters. The lowest BCUT2D eigenvalue weighted by Gasteiger charge is -2.14. The Balaban J connectivity index is 2.23. The normalized spacial score (nSPS) is 12.7. The van der Waals surface area contributed by atoms with E-state index in [4.69, 9.17) is 0 Å². The highest BCUT2D eigenvalue weighted by Crippen LogP contribution is 2.13. The summed E-state index contributed by atoms with van der Waals surface area (Å²) in [6.45, 7) is 6.43. The van der Waals surface area contributed by atoms with E-state index in [1.54, 1.807) is 10.9 Å². The van der Waals surface area contributed by atoms with Gasteiger partial charge in [-0.15, -0.1) is 10.2 Å². The van der Waals surface area contributed by atoms with Gasteiger partial charge in [-0.25, -0.2) is 0 Å². The number of nitrogens with one attached hydrogen (secondary N) is 1. The van der Waals surface area contributed by atoms with Crippen molar-refractivity contribution in [3.63, 3.8) is 0 Å². The van der Waals surface area contributed by atoms with Gasteiger partial charge in [0, 0.05) is 13.1 Å². The molecular weight excluding hydrogens is 248 g/mol. The average molecular weight is 270 g/mol. The minimum atomic E-state index is 0.0549. The lowest BCUT2D eigenvalue weighted by atomic mass is 10.0. The maximum absolute atomic E-state index is 11.7. The Morgan fingerprint density at radius 1 is 1.44 bits per heavy atom. The molecule has 1 aromatic rings. The molecule has 1 rings (SSSR count). The number of amides is 1. The largest absolute Gasteiger partial charge is 0.353 e. The first-order valence-electron chi connectivity index (χ1n) is 6.25. The highest BCUT2D eigenvalue weighted by molar-refractivity contribution is 7.99. The zero-order valence-electron chi connectivity index (χ0n) is 11.5. The fourth-order valence-electron chi connectivity index (χ4n) is 1.51. The number of aryl methyl sites for hydroxylation is 1. The van der Waals surface area contributed by atoms with Crippen LogP contribution in [0.3, 0.4) is 0 Å². The molecule has 1 amide bonds. The summed E-state index contributed by atoms with van der Waals surface area (Å²) in [5, 5.41) is 11.5. The molecule has 0 bridgehead atoms. The minimum Gasteiger partial charge on any atom is -0.353 e. The summed E-state index contributed by atoms with van der Waals surface area (Å²) in [4.78, 5) is 11.7. The Hall–Kier alpha value is -1.04. The molecule has 1 atom stereocenters. The van der Waals surface area contributed by atoms with Crippen LogP contribution in [-0.2, 0) is 11.8 Å². The summed E-state index contributed by atoms with van der Waals surface area (Å²) in [5.74, 6) is 1.12. The predicted molar refractivity (Wildman–Crippen MR) is 73.4 cm³/mol. The molecule has 102 valence electrons. The van der Waals surface area contributed by atoms with Crippen molar-refractivity contribution in [2.24, 2.45) is 13.0 Å². The summed E-state index contributed by atoms with van der Waals surface area (Å²) in [6, 6.07) is 0.236. The molecule has 18 heavy (non-hydrogen) atoms. The molecule has 5 nitrogen and oxygen atoms in total.